The first kappa shape index (κ1) is 11.7. The van der Waals surface area contributed by atoms with Gasteiger partial charge in [-0.25, -0.2) is 4.98 Å². The maximum atomic E-state index is 9.14. The summed E-state index contributed by atoms with van der Waals surface area (Å²) in [5.74, 6) is 0.942. The number of pyridine rings is 1. The van der Waals surface area contributed by atoms with Gasteiger partial charge in [0.2, 0.25) is 0 Å². The van der Waals surface area contributed by atoms with Crippen LogP contribution in [0.2, 0.25) is 5.02 Å². The number of hydrogen-bond donors (Lipinski definition) is 1. The van der Waals surface area contributed by atoms with E-state index >= 15 is 0 Å². The van der Waals surface area contributed by atoms with E-state index in [4.69, 9.17) is 16.7 Å². The molecule has 1 aromatic rings. The highest BCUT2D eigenvalue weighted by molar-refractivity contribution is 6.31. The molecule has 0 saturated carbocycles. The number of nitrogens with zero attached hydrogens (tertiary/aromatic N) is 2. The molecule has 1 aliphatic heterocycles. The van der Waals surface area contributed by atoms with Gasteiger partial charge in [-0.3, -0.25) is 0 Å². The molecular formula is C12H17ClN2O. The zero-order valence-corrected chi connectivity index (χ0v) is 10.2. The van der Waals surface area contributed by atoms with E-state index in [0.717, 1.165) is 18.8 Å². The molecule has 16 heavy (non-hydrogen) atoms. The topological polar surface area (TPSA) is 36.4 Å². The lowest BCUT2D eigenvalue weighted by Crippen LogP contribution is -2.29. The van der Waals surface area contributed by atoms with E-state index in [1.165, 1.54) is 12.8 Å². The van der Waals surface area contributed by atoms with E-state index in [0.29, 0.717) is 16.8 Å². The third-order valence-corrected chi connectivity index (χ3v) is 3.54. The quantitative estimate of drug-likeness (QED) is 0.883. The first-order valence-electron chi connectivity index (χ1n) is 5.79. The Hall–Kier alpha value is -0.800. The first-order chi connectivity index (χ1) is 7.76. The van der Waals surface area contributed by atoms with E-state index < -0.39 is 0 Å². The Labute approximate surface area is 101 Å². The second-order valence-corrected chi connectivity index (χ2v) is 4.56. The molecule has 1 saturated heterocycles. The highest BCUT2D eigenvalue weighted by atomic mass is 35.5. The van der Waals surface area contributed by atoms with Gasteiger partial charge >= 0.3 is 0 Å². The van der Waals surface area contributed by atoms with Gasteiger partial charge in [0.05, 0.1) is 17.3 Å². The number of aliphatic hydroxyl groups is 1. The lowest BCUT2D eigenvalue weighted by atomic mass is 10.2. The standard InChI is InChI=1S/C12H17ClN2O/c1-2-9-4-3-7-15(9)12-6-5-10(13)11(8-16)14-12/h5-6,9,16H,2-4,7-8H2,1H3. The molecule has 4 heteroatoms. The molecule has 1 atom stereocenters. The molecular weight excluding hydrogens is 224 g/mol. The average molecular weight is 241 g/mol. The summed E-state index contributed by atoms with van der Waals surface area (Å²) in [6.07, 6.45) is 3.59. The number of hydrogen-bond acceptors (Lipinski definition) is 3. The Bertz CT molecular complexity index is 370. The van der Waals surface area contributed by atoms with Crippen molar-refractivity contribution >= 4 is 17.4 Å². The van der Waals surface area contributed by atoms with Gasteiger partial charge in [0.15, 0.2) is 0 Å². The van der Waals surface area contributed by atoms with Crippen LogP contribution in [0.15, 0.2) is 12.1 Å². The lowest BCUT2D eigenvalue weighted by Gasteiger charge is -2.25. The maximum Gasteiger partial charge on any atom is 0.129 e. The van der Waals surface area contributed by atoms with Crippen molar-refractivity contribution in [3.63, 3.8) is 0 Å². The van der Waals surface area contributed by atoms with Gasteiger partial charge in [0.1, 0.15) is 5.82 Å². The fraction of sp³-hybridized carbons (Fsp3) is 0.583. The van der Waals surface area contributed by atoms with Crippen molar-refractivity contribution in [2.75, 3.05) is 11.4 Å². The Kier molecular flexibility index (Phi) is 3.66. The molecule has 1 fully saturated rings. The maximum absolute atomic E-state index is 9.14. The zero-order valence-electron chi connectivity index (χ0n) is 9.49. The molecule has 0 spiro atoms. The van der Waals surface area contributed by atoms with Crippen molar-refractivity contribution in [2.24, 2.45) is 0 Å². The lowest BCUT2D eigenvalue weighted by molar-refractivity contribution is 0.277. The van der Waals surface area contributed by atoms with Gasteiger partial charge in [-0.15, -0.1) is 0 Å². The van der Waals surface area contributed by atoms with Crippen molar-refractivity contribution in [2.45, 2.75) is 38.8 Å². The number of rotatable bonds is 3. The van der Waals surface area contributed by atoms with E-state index in [2.05, 4.69) is 16.8 Å². The van der Waals surface area contributed by atoms with Gasteiger partial charge in [-0.2, -0.15) is 0 Å². The summed E-state index contributed by atoms with van der Waals surface area (Å²) in [4.78, 5) is 6.73. The fourth-order valence-corrected chi connectivity index (χ4v) is 2.47. The molecule has 3 nitrogen and oxygen atoms in total. The summed E-state index contributed by atoms with van der Waals surface area (Å²) >= 11 is 5.93. The molecule has 2 heterocycles. The molecule has 0 aromatic carbocycles. The molecule has 88 valence electrons. The van der Waals surface area contributed by atoms with E-state index in [1.807, 2.05) is 12.1 Å². The summed E-state index contributed by atoms with van der Waals surface area (Å²) in [6.45, 7) is 3.15. The molecule has 1 aromatic heterocycles. The Balaban J connectivity index is 2.26. The molecule has 0 aliphatic carbocycles. The molecule has 1 unspecified atom stereocenters. The van der Waals surface area contributed by atoms with Crippen molar-refractivity contribution in [3.05, 3.63) is 22.8 Å². The first-order valence-corrected chi connectivity index (χ1v) is 6.17. The monoisotopic (exact) mass is 240 g/mol. The summed E-state index contributed by atoms with van der Waals surface area (Å²) in [7, 11) is 0. The highest BCUT2D eigenvalue weighted by Crippen LogP contribution is 2.27. The molecule has 0 amide bonds. The van der Waals surface area contributed by atoms with Crippen LogP contribution in [-0.2, 0) is 6.61 Å². The van der Waals surface area contributed by atoms with Crippen molar-refractivity contribution < 1.29 is 5.11 Å². The van der Waals surface area contributed by atoms with E-state index in [9.17, 15) is 0 Å². The van der Waals surface area contributed by atoms with Gasteiger partial charge in [0.25, 0.3) is 0 Å². The van der Waals surface area contributed by atoms with Crippen molar-refractivity contribution in [1.29, 1.82) is 0 Å². The number of aromatic nitrogens is 1. The van der Waals surface area contributed by atoms with E-state index in [-0.39, 0.29) is 6.61 Å². The minimum absolute atomic E-state index is 0.0999. The normalized spacial score (nSPS) is 20.4. The predicted molar refractivity (Wildman–Crippen MR) is 65.8 cm³/mol. The minimum atomic E-state index is -0.0999. The number of anilines is 1. The fourth-order valence-electron chi connectivity index (χ4n) is 2.31. The molecule has 0 radical (unpaired) electrons. The Morgan fingerprint density at radius 2 is 2.38 bits per heavy atom. The van der Waals surface area contributed by atoms with E-state index in [1.54, 1.807) is 0 Å². The van der Waals surface area contributed by atoms with Crippen LogP contribution in [-0.4, -0.2) is 22.7 Å². The van der Waals surface area contributed by atoms with Crippen LogP contribution >= 0.6 is 11.6 Å². The van der Waals surface area contributed by atoms with Gasteiger partial charge in [-0.1, -0.05) is 18.5 Å². The number of aliphatic hydroxyl groups excluding tert-OH is 1. The highest BCUT2D eigenvalue weighted by Gasteiger charge is 2.24. The largest absolute Gasteiger partial charge is 0.390 e. The molecule has 1 N–H and O–H groups in total. The van der Waals surface area contributed by atoms with Crippen molar-refractivity contribution in [1.82, 2.24) is 4.98 Å². The average Bonchev–Trinajstić information content (AvgIpc) is 2.78. The Morgan fingerprint density at radius 3 is 3.06 bits per heavy atom. The predicted octanol–water partition coefficient (Wildman–Crippen LogP) is 2.61. The Morgan fingerprint density at radius 1 is 1.56 bits per heavy atom. The summed E-state index contributed by atoms with van der Waals surface area (Å²) in [5.41, 5.74) is 0.570. The third kappa shape index (κ3) is 2.15. The second kappa shape index (κ2) is 5.02. The van der Waals surface area contributed by atoms with Crippen molar-refractivity contribution in [3.8, 4) is 0 Å². The van der Waals surface area contributed by atoms with Crippen LogP contribution in [0.4, 0.5) is 5.82 Å². The van der Waals surface area contributed by atoms with Gasteiger partial charge < -0.3 is 10.0 Å². The van der Waals surface area contributed by atoms with Crippen LogP contribution in [0.5, 0.6) is 0 Å². The van der Waals surface area contributed by atoms with Crippen LogP contribution in [0, 0.1) is 0 Å². The van der Waals surface area contributed by atoms with Gasteiger partial charge in [-0.05, 0) is 31.4 Å². The smallest absolute Gasteiger partial charge is 0.129 e. The SMILES string of the molecule is CCC1CCCN1c1ccc(Cl)c(CO)n1. The van der Waals surface area contributed by atoms with Crippen LogP contribution < -0.4 is 4.90 Å². The molecule has 1 aliphatic rings. The molecule has 0 bridgehead atoms. The zero-order chi connectivity index (χ0) is 11.5. The summed E-state index contributed by atoms with van der Waals surface area (Å²) in [6, 6.07) is 4.34. The number of halogens is 1. The van der Waals surface area contributed by atoms with Crippen LogP contribution in [0.1, 0.15) is 31.9 Å². The minimum Gasteiger partial charge on any atom is -0.390 e. The molecule has 2 rings (SSSR count). The van der Waals surface area contributed by atoms with Crippen LogP contribution in [0.3, 0.4) is 0 Å². The van der Waals surface area contributed by atoms with Crippen LogP contribution in [0.25, 0.3) is 0 Å². The summed E-state index contributed by atoms with van der Waals surface area (Å²) < 4.78 is 0. The summed E-state index contributed by atoms with van der Waals surface area (Å²) in [5, 5.41) is 9.68. The second-order valence-electron chi connectivity index (χ2n) is 4.15. The third-order valence-electron chi connectivity index (χ3n) is 3.20. The van der Waals surface area contributed by atoms with Gasteiger partial charge in [0, 0.05) is 12.6 Å².